The van der Waals surface area contributed by atoms with E-state index in [-0.39, 0.29) is 11.7 Å². The molecule has 100 valence electrons. The van der Waals surface area contributed by atoms with Gasteiger partial charge in [-0.15, -0.1) is 0 Å². The summed E-state index contributed by atoms with van der Waals surface area (Å²) in [5, 5.41) is 9.34. The molecule has 0 aromatic heterocycles. The van der Waals surface area contributed by atoms with Crippen molar-refractivity contribution in [3.63, 3.8) is 0 Å². The van der Waals surface area contributed by atoms with E-state index in [9.17, 15) is 9.90 Å². The fourth-order valence-electron chi connectivity index (χ4n) is 1.55. The number of phenols is 1. The molecule has 0 saturated heterocycles. The van der Waals surface area contributed by atoms with E-state index >= 15 is 0 Å². The molecule has 0 bridgehead atoms. The molecule has 0 fully saturated rings. The normalized spacial score (nSPS) is 12.2. The van der Waals surface area contributed by atoms with E-state index in [4.69, 9.17) is 9.47 Å². The van der Waals surface area contributed by atoms with Crippen LogP contribution < -0.4 is 0 Å². The number of phenolic OH excluding ortho intramolecular Hbond substituents is 1. The van der Waals surface area contributed by atoms with Crippen LogP contribution in [-0.4, -0.2) is 30.4 Å². The van der Waals surface area contributed by atoms with Crippen molar-refractivity contribution in [3.05, 3.63) is 27.3 Å². The van der Waals surface area contributed by atoms with Crippen LogP contribution >= 0.6 is 22.6 Å². The molecule has 1 atom stereocenters. The van der Waals surface area contributed by atoms with Gasteiger partial charge in [-0.1, -0.05) is 6.07 Å². The quantitative estimate of drug-likeness (QED) is 0.623. The zero-order valence-electron chi connectivity index (χ0n) is 10.5. The lowest BCUT2D eigenvalue weighted by atomic mass is 10.1. The number of ether oxygens (including phenoxy) is 2. The molecular weight excluding hydrogens is 347 g/mol. The van der Waals surface area contributed by atoms with Crippen molar-refractivity contribution in [1.29, 1.82) is 0 Å². The zero-order chi connectivity index (χ0) is 13.5. The minimum atomic E-state index is -0.590. The monoisotopic (exact) mass is 364 g/mol. The first kappa shape index (κ1) is 15.2. The molecule has 0 aliphatic rings. The van der Waals surface area contributed by atoms with Gasteiger partial charge in [-0.2, -0.15) is 0 Å². The second-order valence-corrected chi connectivity index (χ2v) is 4.84. The van der Waals surface area contributed by atoms with Crippen molar-refractivity contribution < 1.29 is 19.4 Å². The Kier molecular flexibility index (Phi) is 6.42. The minimum Gasteiger partial charge on any atom is -0.508 e. The van der Waals surface area contributed by atoms with Crippen LogP contribution in [0.15, 0.2) is 18.2 Å². The zero-order valence-corrected chi connectivity index (χ0v) is 12.6. The molecule has 1 unspecified atom stereocenters. The van der Waals surface area contributed by atoms with Crippen LogP contribution in [0, 0.1) is 3.57 Å². The van der Waals surface area contributed by atoms with Gasteiger partial charge < -0.3 is 14.6 Å². The first-order chi connectivity index (χ1) is 8.58. The highest BCUT2D eigenvalue weighted by molar-refractivity contribution is 14.1. The lowest BCUT2D eigenvalue weighted by Crippen LogP contribution is -2.29. The molecular formula is C13H17IO4. The highest BCUT2D eigenvalue weighted by atomic mass is 127. The Balaban J connectivity index is 2.79. The summed E-state index contributed by atoms with van der Waals surface area (Å²) in [4.78, 5) is 11.7. The standard InChI is InChI=1S/C13H17IO4/c1-3-17-12(13(16)18-4-2)7-9-5-6-10(15)8-11(9)14/h5-6,8,12,15H,3-4,7H2,1-2H3. The highest BCUT2D eigenvalue weighted by Crippen LogP contribution is 2.20. The minimum absolute atomic E-state index is 0.215. The van der Waals surface area contributed by atoms with Crippen LogP contribution in [0.2, 0.25) is 0 Å². The van der Waals surface area contributed by atoms with Gasteiger partial charge in [0.1, 0.15) is 5.75 Å². The van der Waals surface area contributed by atoms with E-state index < -0.39 is 6.10 Å². The predicted octanol–water partition coefficient (Wildman–Crippen LogP) is 2.51. The molecule has 5 heteroatoms. The van der Waals surface area contributed by atoms with Gasteiger partial charge in [0.15, 0.2) is 6.10 Å². The van der Waals surface area contributed by atoms with E-state index in [1.54, 1.807) is 25.1 Å². The van der Waals surface area contributed by atoms with E-state index in [1.807, 2.05) is 6.92 Å². The van der Waals surface area contributed by atoms with Gasteiger partial charge in [0.05, 0.1) is 6.61 Å². The van der Waals surface area contributed by atoms with Gasteiger partial charge in [0.25, 0.3) is 0 Å². The summed E-state index contributed by atoms with van der Waals surface area (Å²) < 4.78 is 11.3. The number of carbonyl (C=O) groups excluding carboxylic acids is 1. The Bertz CT molecular complexity index is 406. The molecule has 1 aromatic rings. The molecule has 0 saturated carbocycles. The molecule has 0 heterocycles. The van der Waals surface area contributed by atoms with Gasteiger partial charge in [-0.3, -0.25) is 0 Å². The summed E-state index contributed by atoms with van der Waals surface area (Å²) in [5.41, 5.74) is 0.958. The molecule has 0 spiro atoms. The van der Waals surface area contributed by atoms with Crippen LogP contribution in [0.25, 0.3) is 0 Å². The second-order valence-electron chi connectivity index (χ2n) is 3.68. The first-order valence-corrected chi connectivity index (χ1v) is 6.92. The van der Waals surface area contributed by atoms with Crippen LogP contribution in [0.4, 0.5) is 0 Å². The Morgan fingerprint density at radius 2 is 2.11 bits per heavy atom. The van der Waals surface area contributed by atoms with Crippen LogP contribution in [-0.2, 0) is 20.7 Å². The fraction of sp³-hybridized carbons (Fsp3) is 0.462. The molecule has 4 nitrogen and oxygen atoms in total. The molecule has 1 N–H and O–H groups in total. The third-order valence-electron chi connectivity index (χ3n) is 2.36. The second kappa shape index (κ2) is 7.58. The largest absolute Gasteiger partial charge is 0.508 e. The summed E-state index contributed by atoms with van der Waals surface area (Å²) in [6.07, 6.45) is -0.140. The Labute approximate surface area is 120 Å². The summed E-state index contributed by atoms with van der Waals surface area (Å²) in [5.74, 6) is -0.129. The number of aromatic hydroxyl groups is 1. The van der Waals surface area contributed by atoms with Crippen LogP contribution in [0.3, 0.4) is 0 Å². The third-order valence-corrected chi connectivity index (χ3v) is 3.36. The maximum Gasteiger partial charge on any atom is 0.335 e. The van der Waals surface area contributed by atoms with E-state index in [2.05, 4.69) is 22.6 Å². The number of hydrogen-bond acceptors (Lipinski definition) is 4. The Morgan fingerprint density at radius 3 is 2.67 bits per heavy atom. The van der Waals surface area contributed by atoms with Crippen molar-refractivity contribution in [1.82, 2.24) is 0 Å². The summed E-state index contributed by atoms with van der Waals surface area (Å²) in [6, 6.07) is 5.05. The molecule has 0 aliphatic heterocycles. The molecule has 0 aliphatic carbocycles. The predicted molar refractivity (Wildman–Crippen MR) is 76.6 cm³/mol. The molecule has 1 aromatic carbocycles. The average molecular weight is 364 g/mol. The summed E-state index contributed by atoms with van der Waals surface area (Å²) in [6.45, 7) is 4.41. The Hall–Kier alpha value is -0.820. The summed E-state index contributed by atoms with van der Waals surface area (Å²) in [7, 11) is 0. The topological polar surface area (TPSA) is 55.8 Å². The number of esters is 1. The molecule has 0 amide bonds. The Morgan fingerprint density at radius 1 is 1.39 bits per heavy atom. The summed E-state index contributed by atoms with van der Waals surface area (Å²) >= 11 is 2.12. The van der Waals surface area contributed by atoms with Crippen molar-refractivity contribution in [2.24, 2.45) is 0 Å². The molecule has 1 rings (SSSR count). The molecule has 18 heavy (non-hydrogen) atoms. The first-order valence-electron chi connectivity index (χ1n) is 5.84. The number of carbonyl (C=O) groups is 1. The maximum absolute atomic E-state index is 11.7. The van der Waals surface area contributed by atoms with E-state index in [1.165, 1.54) is 0 Å². The third kappa shape index (κ3) is 4.45. The van der Waals surface area contributed by atoms with Crippen LogP contribution in [0.1, 0.15) is 19.4 Å². The van der Waals surface area contributed by atoms with Crippen LogP contribution in [0.5, 0.6) is 5.75 Å². The number of halogens is 1. The molecule has 0 radical (unpaired) electrons. The van der Waals surface area contributed by atoms with E-state index in [0.717, 1.165) is 9.13 Å². The lowest BCUT2D eigenvalue weighted by Gasteiger charge is -2.16. The fourth-order valence-corrected chi connectivity index (χ4v) is 2.27. The van der Waals surface area contributed by atoms with Gasteiger partial charge in [-0.25, -0.2) is 4.79 Å². The average Bonchev–Trinajstić information content (AvgIpc) is 2.32. The van der Waals surface area contributed by atoms with Crippen molar-refractivity contribution in [2.45, 2.75) is 26.4 Å². The maximum atomic E-state index is 11.7. The van der Waals surface area contributed by atoms with Crippen molar-refractivity contribution in [3.8, 4) is 5.75 Å². The lowest BCUT2D eigenvalue weighted by molar-refractivity contribution is -0.156. The number of rotatable bonds is 6. The van der Waals surface area contributed by atoms with Gasteiger partial charge in [0, 0.05) is 16.6 Å². The van der Waals surface area contributed by atoms with Gasteiger partial charge in [-0.05, 0) is 54.1 Å². The van der Waals surface area contributed by atoms with E-state index in [0.29, 0.717) is 19.6 Å². The SMILES string of the molecule is CCOC(=O)C(Cc1ccc(O)cc1I)OCC. The van der Waals surface area contributed by atoms with Gasteiger partial charge in [0.2, 0.25) is 0 Å². The highest BCUT2D eigenvalue weighted by Gasteiger charge is 2.21. The van der Waals surface area contributed by atoms with Gasteiger partial charge >= 0.3 is 5.97 Å². The van der Waals surface area contributed by atoms with Crippen molar-refractivity contribution >= 4 is 28.6 Å². The smallest absolute Gasteiger partial charge is 0.335 e. The number of hydrogen-bond donors (Lipinski definition) is 1. The number of benzene rings is 1. The van der Waals surface area contributed by atoms with Crippen molar-refractivity contribution in [2.75, 3.05) is 13.2 Å².